The minimum absolute atomic E-state index is 0.209. The first-order chi connectivity index (χ1) is 17.6. The number of carbonyl (C=O) groups is 1. The molecule has 0 bridgehead atoms. The lowest BCUT2D eigenvalue weighted by Crippen LogP contribution is -2.35. The third kappa shape index (κ3) is 6.89. The summed E-state index contributed by atoms with van der Waals surface area (Å²) in [6.45, 7) is 7.61. The van der Waals surface area contributed by atoms with E-state index in [-0.39, 0.29) is 5.69 Å². The van der Waals surface area contributed by atoms with E-state index >= 15 is 0 Å². The van der Waals surface area contributed by atoms with Crippen LogP contribution >= 0.6 is 11.8 Å². The molecule has 2 atom stereocenters. The van der Waals surface area contributed by atoms with Crippen LogP contribution < -0.4 is 10.6 Å². The van der Waals surface area contributed by atoms with E-state index in [9.17, 15) is 18.0 Å². The lowest BCUT2D eigenvalue weighted by molar-refractivity contribution is -0.137. The van der Waals surface area contributed by atoms with Crippen molar-refractivity contribution in [2.24, 2.45) is 21.9 Å². The molecule has 7 nitrogen and oxygen atoms in total. The first kappa shape index (κ1) is 27.1. The van der Waals surface area contributed by atoms with Gasteiger partial charge in [0.05, 0.1) is 16.3 Å². The monoisotopic (exact) mass is 532 g/mol. The number of anilines is 1. The molecule has 2 fully saturated rings. The fraction of sp³-hybridized carbons (Fsp3) is 0.462. The van der Waals surface area contributed by atoms with Crippen molar-refractivity contribution in [3.05, 3.63) is 59.4 Å². The lowest BCUT2D eigenvalue weighted by atomic mass is 10.0. The van der Waals surface area contributed by atoms with E-state index in [0.717, 1.165) is 61.1 Å². The Morgan fingerprint density at radius 3 is 2.54 bits per heavy atom. The van der Waals surface area contributed by atoms with Crippen molar-refractivity contribution < 1.29 is 18.0 Å². The van der Waals surface area contributed by atoms with Gasteiger partial charge in [-0.2, -0.15) is 18.3 Å². The highest BCUT2D eigenvalue weighted by Crippen LogP contribution is 2.37. The molecule has 1 aromatic carbocycles. The smallest absolute Gasteiger partial charge is 0.367 e. The van der Waals surface area contributed by atoms with Gasteiger partial charge in [0.1, 0.15) is 5.69 Å². The van der Waals surface area contributed by atoms with E-state index in [1.165, 1.54) is 12.1 Å². The molecule has 37 heavy (non-hydrogen) atoms. The summed E-state index contributed by atoms with van der Waals surface area (Å²) in [5.41, 5.74) is 7.17. The molecule has 0 saturated carbocycles. The summed E-state index contributed by atoms with van der Waals surface area (Å²) in [6, 6.07) is 9.23. The van der Waals surface area contributed by atoms with Gasteiger partial charge in [0.2, 0.25) is 0 Å². The number of hydrogen-bond donors (Lipinski definition) is 1. The lowest BCUT2D eigenvalue weighted by Gasteiger charge is -2.27. The number of thioether (sulfide) groups is 1. The van der Waals surface area contributed by atoms with E-state index in [4.69, 9.17) is 5.73 Å². The summed E-state index contributed by atoms with van der Waals surface area (Å²) >= 11 is 1.66. The normalized spacial score (nSPS) is 20.9. The number of benzene rings is 1. The molecular weight excluding hydrogens is 501 g/mol. The van der Waals surface area contributed by atoms with E-state index < -0.39 is 17.6 Å². The Morgan fingerprint density at radius 1 is 1.14 bits per heavy atom. The number of nitrogens with zero attached hydrogens (tertiary/aromatic N) is 5. The zero-order valence-corrected chi connectivity index (χ0v) is 21.7. The van der Waals surface area contributed by atoms with Crippen molar-refractivity contribution in [1.82, 2.24) is 9.88 Å². The highest BCUT2D eigenvalue weighted by Gasteiger charge is 2.41. The van der Waals surface area contributed by atoms with Crippen LogP contribution in [0.3, 0.4) is 0 Å². The van der Waals surface area contributed by atoms with Gasteiger partial charge in [0, 0.05) is 48.9 Å². The second-order valence-electron chi connectivity index (χ2n) is 9.42. The Balaban J connectivity index is 1.21. The maximum atomic E-state index is 12.9. The minimum Gasteiger partial charge on any atom is -0.367 e. The molecule has 2 aromatic rings. The van der Waals surface area contributed by atoms with Gasteiger partial charge < -0.3 is 15.5 Å². The fourth-order valence-electron chi connectivity index (χ4n) is 4.89. The number of hydrogen-bond acceptors (Lipinski definition) is 7. The maximum Gasteiger partial charge on any atom is 0.416 e. The molecule has 198 valence electrons. The van der Waals surface area contributed by atoms with Crippen LogP contribution in [0.4, 0.5) is 18.9 Å². The molecule has 1 amide bonds. The van der Waals surface area contributed by atoms with Gasteiger partial charge >= 0.3 is 6.18 Å². The molecular formula is C26H31F3N6OS. The predicted octanol–water partition coefficient (Wildman–Crippen LogP) is 4.68. The van der Waals surface area contributed by atoms with E-state index in [1.807, 2.05) is 13.8 Å². The quantitative estimate of drug-likeness (QED) is 0.231. The summed E-state index contributed by atoms with van der Waals surface area (Å²) in [4.78, 5) is 19.9. The highest BCUT2D eigenvalue weighted by molar-refractivity contribution is 8.13. The SMILES string of the molecule is C/C(=N\N=C(/C)c1ccc(C(N)=O)nc1)SCCCN1CC2CCN(c3ccc(C(F)(F)F)cc3)C2C1. The van der Waals surface area contributed by atoms with Crippen molar-refractivity contribution in [3.8, 4) is 0 Å². The molecule has 2 aliphatic heterocycles. The largest absolute Gasteiger partial charge is 0.416 e. The van der Waals surface area contributed by atoms with Crippen molar-refractivity contribution >= 4 is 34.1 Å². The van der Waals surface area contributed by atoms with Crippen molar-refractivity contribution in [2.45, 2.75) is 38.9 Å². The molecule has 1 aromatic heterocycles. The average Bonchev–Trinajstić information content (AvgIpc) is 3.45. The van der Waals surface area contributed by atoms with Crippen LogP contribution in [0.25, 0.3) is 0 Å². The molecule has 3 heterocycles. The van der Waals surface area contributed by atoms with Gasteiger partial charge in [-0.1, -0.05) is 0 Å². The second kappa shape index (κ2) is 11.6. The number of primary amides is 1. The van der Waals surface area contributed by atoms with Gasteiger partial charge in [0.15, 0.2) is 0 Å². The number of fused-ring (bicyclic) bond motifs is 1. The predicted molar refractivity (Wildman–Crippen MR) is 142 cm³/mol. The Labute approximate surface area is 219 Å². The third-order valence-electron chi connectivity index (χ3n) is 6.85. The van der Waals surface area contributed by atoms with Gasteiger partial charge in [-0.25, -0.2) is 0 Å². The van der Waals surface area contributed by atoms with E-state index in [2.05, 4.69) is 25.0 Å². The Morgan fingerprint density at radius 2 is 1.89 bits per heavy atom. The zero-order chi connectivity index (χ0) is 26.6. The summed E-state index contributed by atoms with van der Waals surface area (Å²) < 4.78 is 38.7. The molecule has 11 heteroatoms. The Kier molecular flexibility index (Phi) is 8.53. The molecule has 2 aliphatic rings. The number of pyridine rings is 1. The Hall–Kier alpha value is -2.92. The molecule has 2 N–H and O–H groups in total. The third-order valence-corrected chi connectivity index (χ3v) is 7.85. The number of aromatic nitrogens is 1. The molecule has 0 radical (unpaired) electrons. The molecule has 2 unspecified atom stereocenters. The van der Waals surface area contributed by atoms with Crippen LogP contribution in [-0.2, 0) is 6.18 Å². The van der Waals surface area contributed by atoms with Crippen LogP contribution in [0.2, 0.25) is 0 Å². The number of nitrogens with two attached hydrogens (primary N) is 1. The zero-order valence-electron chi connectivity index (χ0n) is 20.9. The highest BCUT2D eigenvalue weighted by atomic mass is 32.2. The first-order valence-electron chi connectivity index (χ1n) is 12.3. The maximum absolute atomic E-state index is 12.9. The number of carbonyl (C=O) groups excluding carboxylic acids is 1. The summed E-state index contributed by atoms with van der Waals surface area (Å²) in [6.07, 6.45) is -0.667. The minimum atomic E-state index is -4.31. The fourth-order valence-corrected chi connectivity index (χ4v) is 5.56. The number of halogens is 3. The summed E-state index contributed by atoms with van der Waals surface area (Å²) in [7, 11) is 0. The van der Waals surface area contributed by atoms with Crippen LogP contribution in [0, 0.1) is 5.92 Å². The van der Waals surface area contributed by atoms with Crippen molar-refractivity contribution in [1.29, 1.82) is 0 Å². The average molecular weight is 533 g/mol. The summed E-state index contributed by atoms with van der Waals surface area (Å²) in [5, 5.41) is 9.43. The van der Waals surface area contributed by atoms with Gasteiger partial charge in [0.25, 0.3) is 5.91 Å². The van der Waals surface area contributed by atoms with E-state index in [1.54, 1.807) is 42.2 Å². The second-order valence-corrected chi connectivity index (χ2v) is 10.7. The van der Waals surface area contributed by atoms with Crippen LogP contribution in [0.1, 0.15) is 48.3 Å². The molecule has 4 rings (SSSR count). The van der Waals surface area contributed by atoms with Crippen LogP contribution in [-0.4, -0.2) is 64.5 Å². The number of amides is 1. The van der Waals surface area contributed by atoms with Gasteiger partial charge in [-0.15, -0.1) is 16.9 Å². The van der Waals surface area contributed by atoms with Crippen LogP contribution in [0.15, 0.2) is 52.8 Å². The van der Waals surface area contributed by atoms with Crippen molar-refractivity contribution in [3.63, 3.8) is 0 Å². The number of likely N-dealkylation sites (tertiary alicyclic amines) is 1. The molecule has 2 saturated heterocycles. The molecule has 0 spiro atoms. The van der Waals surface area contributed by atoms with Crippen molar-refractivity contribution in [2.75, 3.05) is 36.8 Å². The first-order valence-corrected chi connectivity index (χ1v) is 13.2. The standard InChI is InChI=1S/C26H31F3N6OS/c1-17(19-4-9-23(25(30)36)31-14-19)32-33-18(2)37-13-3-11-34-15-20-10-12-35(24(20)16-34)22-7-5-21(6-8-22)26(27,28)29/h4-9,14,20,24H,3,10-13,15-16H2,1-2H3,(H2,30,36)/b32-17+,33-18+. The topological polar surface area (TPSA) is 87.2 Å². The Bertz CT molecular complexity index is 1150. The summed E-state index contributed by atoms with van der Waals surface area (Å²) in [5.74, 6) is 0.912. The van der Waals surface area contributed by atoms with E-state index in [0.29, 0.717) is 17.7 Å². The number of alkyl halides is 3. The van der Waals surface area contributed by atoms with Gasteiger partial charge in [-0.05, 0) is 75.5 Å². The number of rotatable bonds is 8. The molecule has 0 aliphatic carbocycles. The van der Waals surface area contributed by atoms with Gasteiger partial charge in [-0.3, -0.25) is 9.78 Å². The van der Waals surface area contributed by atoms with Crippen LogP contribution in [0.5, 0.6) is 0 Å².